The molecule has 1 amide bonds. The number of amides is 1. The number of nitrogen functional groups attached to an aromatic ring is 1. The maximum Gasteiger partial charge on any atom is 0.229 e. The molecular formula is C105H120ClF2N5O3S. The van der Waals surface area contributed by atoms with Crippen LogP contribution < -0.4 is 15.8 Å². The molecule has 0 spiro atoms. The summed E-state index contributed by atoms with van der Waals surface area (Å²) >= 11 is 5.76. The van der Waals surface area contributed by atoms with E-state index in [0.29, 0.717) is 22.6 Å². The number of anilines is 3. The third kappa shape index (κ3) is 32.1. The van der Waals surface area contributed by atoms with Gasteiger partial charge in [0.25, 0.3) is 0 Å². The molecule has 0 aliphatic heterocycles. The minimum absolute atomic E-state index is 0.0507. The van der Waals surface area contributed by atoms with Gasteiger partial charge in [-0.05, 0) is 199 Å². The number of benzene rings is 12. The third-order valence-electron chi connectivity index (χ3n) is 19.1. The van der Waals surface area contributed by atoms with Crippen LogP contribution in [0.1, 0.15) is 191 Å². The standard InChI is InChI=1S/C18H21NO.C17H21NO2S.2C17H17N.C16H19N.C10H13Cl.C10H12F2/c1-13(20)19-17-7-5-6-15(12-17)14-8-10-16(11-9-14)18(2,3)4;1-17(2,3)15-10-8-13(9-11-15)14-6-5-7-16(12-14)18-21(4,19)20;1-17(2,3)15-9-5-13(6-10-15)14-7-11-16(18-4)12-8-14;1-17(2,3)15-10-8-13(9-11-15)14-6-5-7-16(12-14)18-4;1-16(2,3)14-9-7-12(8-10-14)13-5-4-6-15(17)11-13;1-10(2,3)8-4-6-9(11)7-5-8;1-10(2,3)7-4-8(11)6-9(12)5-7/h5-12H,1-4H3,(H,19,20);5-12,18H,1-4H3;2*5-12H,1-3H3;4-11H,17H2,1-3H3;4-7H,1-3H3;4-6H,1-3H3. The second kappa shape index (κ2) is 41.1. The van der Waals surface area contributed by atoms with Crippen molar-refractivity contribution in [3.63, 3.8) is 0 Å². The Balaban J connectivity index is 0.000000214. The monoisotopic (exact) mass is 1600 g/mol. The van der Waals surface area contributed by atoms with Crippen LogP contribution >= 0.6 is 11.6 Å². The van der Waals surface area contributed by atoms with Crippen molar-refractivity contribution in [3.05, 3.63) is 364 Å². The molecule has 0 aromatic heterocycles. The molecule has 0 bridgehead atoms. The van der Waals surface area contributed by atoms with E-state index in [9.17, 15) is 22.0 Å². The molecule has 0 heterocycles. The lowest BCUT2D eigenvalue weighted by Crippen LogP contribution is -2.11. The lowest BCUT2D eigenvalue weighted by Gasteiger charge is -2.19. The average molecular weight is 1610 g/mol. The number of hydrogen-bond donors (Lipinski definition) is 3. The largest absolute Gasteiger partial charge is 0.399 e. The van der Waals surface area contributed by atoms with Gasteiger partial charge in [-0.15, -0.1) is 0 Å². The summed E-state index contributed by atoms with van der Waals surface area (Å²) in [4.78, 5) is 18.0. The molecule has 0 fully saturated rings. The van der Waals surface area contributed by atoms with Crippen molar-refractivity contribution in [3.8, 4) is 55.6 Å². The summed E-state index contributed by atoms with van der Waals surface area (Å²) in [5, 5.41) is 3.62. The van der Waals surface area contributed by atoms with E-state index in [-0.39, 0.29) is 43.8 Å². The van der Waals surface area contributed by atoms with Crippen LogP contribution in [-0.4, -0.2) is 20.6 Å². The van der Waals surface area contributed by atoms with Crippen LogP contribution in [0.5, 0.6) is 0 Å². The minimum atomic E-state index is -3.25. The van der Waals surface area contributed by atoms with E-state index in [1.165, 1.54) is 69.1 Å². The SMILES string of the molecule is CC(=O)Nc1cccc(-c2ccc(C(C)(C)C)cc2)c1.CC(C)(C)c1cc(F)cc(F)c1.CC(C)(C)c1ccc(-c2cccc(N)c2)cc1.CC(C)(C)c1ccc(-c2cccc(NS(C)(=O)=O)c2)cc1.CC(C)(C)c1ccc(Cl)cc1.[C-]#[N+]c1ccc(-c2ccc(C(C)(C)C)cc2)cc1.[C-]#[N+]c1cccc(-c2ccc(C(C)(C)C)cc2)c1. The molecule has 117 heavy (non-hydrogen) atoms. The van der Waals surface area contributed by atoms with E-state index in [4.69, 9.17) is 30.5 Å². The highest BCUT2D eigenvalue weighted by Crippen LogP contribution is 2.35. The predicted molar refractivity (Wildman–Crippen MR) is 498 cm³/mol. The number of sulfonamides is 1. The first kappa shape index (κ1) is 94.6. The highest BCUT2D eigenvalue weighted by molar-refractivity contribution is 7.92. The normalized spacial score (nSPS) is 11.5. The van der Waals surface area contributed by atoms with Crippen molar-refractivity contribution in [2.24, 2.45) is 0 Å². The molecule has 0 saturated heterocycles. The van der Waals surface area contributed by atoms with Gasteiger partial charge in [0.15, 0.2) is 11.4 Å². The van der Waals surface area contributed by atoms with Gasteiger partial charge in [0.1, 0.15) is 11.6 Å². The van der Waals surface area contributed by atoms with E-state index in [2.05, 4.69) is 290 Å². The van der Waals surface area contributed by atoms with Crippen LogP contribution in [0.3, 0.4) is 0 Å². The maximum atomic E-state index is 12.7. The third-order valence-corrected chi connectivity index (χ3v) is 19.9. The molecule has 0 saturated carbocycles. The second-order valence-electron chi connectivity index (χ2n) is 36.5. The Morgan fingerprint density at radius 3 is 0.889 bits per heavy atom. The topological polar surface area (TPSA) is 110 Å². The van der Waals surface area contributed by atoms with Gasteiger partial charge in [0.2, 0.25) is 15.9 Å². The number of halogens is 3. The predicted octanol–water partition coefficient (Wildman–Crippen LogP) is 30.2. The number of hydrogen-bond acceptors (Lipinski definition) is 4. The van der Waals surface area contributed by atoms with Gasteiger partial charge in [-0.1, -0.05) is 369 Å². The highest BCUT2D eigenvalue weighted by atomic mass is 35.5. The van der Waals surface area contributed by atoms with Crippen molar-refractivity contribution >= 4 is 56.0 Å². The first-order valence-corrected chi connectivity index (χ1v) is 41.7. The molecule has 0 radical (unpaired) electrons. The smallest absolute Gasteiger partial charge is 0.229 e. The number of carbonyl (C=O) groups is 1. The first-order valence-electron chi connectivity index (χ1n) is 39.4. The lowest BCUT2D eigenvalue weighted by atomic mass is 9.86. The Hall–Kier alpha value is -11.2. The van der Waals surface area contributed by atoms with Crippen molar-refractivity contribution in [1.82, 2.24) is 0 Å². The van der Waals surface area contributed by atoms with Crippen LogP contribution in [0.2, 0.25) is 5.02 Å². The Morgan fingerprint density at radius 2 is 0.590 bits per heavy atom. The molecule has 0 aliphatic carbocycles. The van der Waals surface area contributed by atoms with E-state index in [1.54, 1.807) is 6.07 Å². The fraction of sp³-hybridized carbons (Fsp3) is 0.286. The van der Waals surface area contributed by atoms with Gasteiger partial charge < -0.3 is 11.1 Å². The van der Waals surface area contributed by atoms with Crippen molar-refractivity contribution < 1.29 is 22.0 Å². The molecule has 610 valence electrons. The molecule has 12 aromatic rings. The number of nitrogens with one attached hydrogen (secondary N) is 2. The summed E-state index contributed by atoms with van der Waals surface area (Å²) in [5.41, 5.74) is 30.2. The van der Waals surface area contributed by atoms with Crippen molar-refractivity contribution in [2.75, 3.05) is 22.0 Å². The van der Waals surface area contributed by atoms with Crippen LogP contribution in [0.15, 0.2) is 285 Å². The Bertz CT molecular complexity index is 5370. The maximum absolute atomic E-state index is 12.7. The number of rotatable bonds is 8. The molecule has 0 atom stereocenters. The molecular weight excluding hydrogens is 1480 g/mol. The minimum Gasteiger partial charge on any atom is -0.399 e. The summed E-state index contributed by atoms with van der Waals surface area (Å²) < 4.78 is 50.5. The van der Waals surface area contributed by atoms with Crippen LogP contribution in [0.4, 0.5) is 37.2 Å². The molecule has 0 unspecified atom stereocenters. The van der Waals surface area contributed by atoms with Crippen LogP contribution in [-0.2, 0) is 52.7 Å². The Morgan fingerprint density at radius 1 is 0.325 bits per heavy atom. The quantitative estimate of drug-likeness (QED) is 0.104. The zero-order valence-electron chi connectivity index (χ0n) is 72.9. The summed E-state index contributed by atoms with van der Waals surface area (Å²) in [7, 11) is -3.25. The summed E-state index contributed by atoms with van der Waals surface area (Å²) in [5.74, 6) is -1.08. The molecule has 12 rings (SSSR count). The Labute approximate surface area is 704 Å². The van der Waals surface area contributed by atoms with Crippen LogP contribution in [0, 0.1) is 24.8 Å². The summed E-state index contributed by atoms with van der Waals surface area (Å²) in [6, 6.07) is 93.3. The zero-order chi connectivity index (χ0) is 87.1. The van der Waals surface area contributed by atoms with E-state index >= 15 is 0 Å². The van der Waals surface area contributed by atoms with Gasteiger partial charge in [-0.2, -0.15) is 0 Å². The van der Waals surface area contributed by atoms with E-state index in [0.717, 1.165) is 67.7 Å². The average Bonchev–Trinajstić information content (AvgIpc) is 0.859. The van der Waals surface area contributed by atoms with Gasteiger partial charge in [0, 0.05) is 35.1 Å². The van der Waals surface area contributed by atoms with Crippen molar-refractivity contribution in [2.45, 2.75) is 190 Å². The van der Waals surface area contributed by atoms with Gasteiger partial charge in [-0.3, -0.25) is 9.52 Å². The molecule has 4 N–H and O–H groups in total. The number of nitrogens with two attached hydrogens (primary N) is 1. The van der Waals surface area contributed by atoms with Gasteiger partial charge in [-0.25, -0.2) is 26.9 Å². The fourth-order valence-corrected chi connectivity index (χ4v) is 12.6. The van der Waals surface area contributed by atoms with Crippen LogP contribution in [0.25, 0.3) is 65.3 Å². The highest BCUT2D eigenvalue weighted by Gasteiger charge is 2.20. The molecule has 8 nitrogen and oxygen atoms in total. The summed E-state index contributed by atoms with van der Waals surface area (Å²) in [6.07, 6.45) is 1.15. The zero-order valence-corrected chi connectivity index (χ0v) is 74.4. The second-order valence-corrected chi connectivity index (χ2v) is 38.6. The molecule has 12 heteroatoms. The fourth-order valence-electron chi connectivity index (χ4n) is 11.9. The van der Waals surface area contributed by atoms with E-state index < -0.39 is 21.7 Å². The van der Waals surface area contributed by atoms with E-state index in [1.807, 2.05) is 136 Å². The summed E-state index contributed by atoms with van der Waals surface area (Å²) in [6.45, 7) is 60.9. The van der Waals surface area contributed by atoms with Crippen molar-refractivity contribution in [1.29, 1.82) is 0 Å². The molecule has 0 aliphatic rings. The first-order chi connectivity index (χ1) is 54.4. The Kier molecular flexibility index (Phi) is 33.2. The number of carbonyl (C=O) groups excluding carboxylic acids is 1. The molecule has 12 aromatic carbocycles. The lowest BCUT2D eigenvalue weighted by molar-refractivity contribution is -0.114. The number of nitrogens with zero attached hydrogens (tertiary/aromatic N) is 2. The van der Waals surface area contributed by atoms with Gasteiger partial charge >= 0.3 is 0 Å². The van der Waals surface area contributed by atoms with Gasteiger partial charge in [0.05, 0.1) is 19.4 Å².